The Morgan fingerprint density at radius 3 is 2.44 bits per heavy atom. The van der Waals surface area contributed by atoms with Crippen molar-refractivity contribution < 1.29 is 32.6 Å². The molecule has 5 rings (SSSR count). The molecule has 1 fully saturated rings. The highest BCUT2D eigenvalue weighted by Crippen LogP contribution is 2.37. The lowest BCUT2D eigenvalue weighted by atomic mass is 10.0. The van der Waals surface area contributed by atoms with E-state index in [1.165, 1.54) is 18.5 Å². The summed E-state index contributed by atoms with van der Waals surface area (Å²) in [6.07, 6.45) is -2.54. The number of nitrogens with one attached hydrogen (secondary N) is 1. The molecule has 12 nitrogen and oxygen atoms in total. The van der Waals surface area contributed by atoms with Crippen molar-refractivity contribution in [3.8, 4) is 16.9 Å². The maximum absolute atomic E-state index is 13.9. The number of benzene rings is 1. The van der Waals surface area contributed by atoms with E-state index in [-0.39, 0.29) is 50.0 Å². The number of morpholine rings is 1. The van der Waals surface area contributed by atoms with Crippen LogP contribution in [0.3, 0.4) is 0 Å². The molecule has 2 atom stereocenters. The highest BCUT2D eigenvalue weighted by molar-refractivity contribution is 6.34. The second kappa shape index (κ2) is 11.9. The van der Waals surface area contributed by atoms with Crippen molar-refractivity contribution in [2.45, 2.75) is 38.8 Å². The number of anilines is 2. The van der Waals surface area contributed by atoms with Crippen molar-refractivity contribution >= 4 is 57.6 Å². The van der Waals surface area contributed by atoms with Crippen LogP contribution >= 0.6 is 23.2 Å². The number of alkyl halides is 3. The number of hydrogen-bond donors (Lipinski definition) is 3. The molecule has 17 heteroatoms. The van der Waals surface area contributed by atoms with E-state index in [1.807, 2.05) is 18.7 Å². The van der Waals surface area contributed by atoms with E-state index in [2.05, 4.69) is 15.3 Å². The lowest BCUT2D eigenvalue weighted by molar-refractivity contribution is -0.147. The number of hydrogen-bond acceptors (Lipinski definition) is 8. The number of rotatable bonds is 6. The highest BCUT2D eigenvalue weighted by atomic mass is 35.5. The predicted molar refractivity (Wildman–Crippen MR) is 161 cm³/mol. The minimum absolute atomic E-state index is 0.0104. The fourth-order valence-electron chi connectivity index (χ4n) is 5.26. The van der Waals surface area contributed by atoms with Crippen LogP contribution in [0.4, 0.5) is 24.7 Å². The standard InChI is InChI=1S/C28H26Cl2F3N7O5/c1-12-8-39(9-13(2)45-12)20-6-19(18(30)7-35-20)36-21(41)11-40-10-16(14-4-15(24(34)43)23(42)17(29)5-14)22-25(40)37-27(28(31,32)33)38(3)26(22)44/h4-7,10,12-13,42H,8-9,11H2,1-3H3,(H2,34,43)(H,35,36,41)/t12-,13+. The maximum atomic E-state index is 13.9. The van der Waals surface area contributed by atoms with Crippen molar-refractivity contribution in [2.75, 3.05) is 23.3 Å². The van der Waals surface area contributed by atoms with Crippen molar-refractivity contribution in [3.63, 3.8) is 0 Å². The fourth-order valence-corrected chi connectivity index (χ4v) is 5.63. The lowest BCUT2D eigenvalue weighted by Crippen LogP contribution is -2.45. The summed E-state index contributed by atoms with van der Waals surface area (Å²) in [6.45, 7) is 4.34. The minimum Gasteiger partial charge on any atom is -0.506 e. The predicted octanol–water partition coefficient (Wildman–Crippen LogP) is 4.18. The van der Waals surface area contributed by atoms with Crippen molar-refractivity contribution in [3.05, 3.63) is 62.4 Å². The third-order valence-corrected chi connectivity index (χ3v) is 7.75. The van der Waals surface area contributed by atoms with Gasteiger partial charge in [0.05, 0.1) is 45.1 Å². The molecular formula is C28H26Cl2F3N7O5. The Hall–Kier alpha value is -4.34. The molecule has 4 aromatic rings. The Kier molecular flexibility index (Phi) is 8.46. The van der Waals surface area contributed by atoms with Gasteiger partial charge in [0.1, 0.15) is 23.8 Å². The zero-order valence-electron chi connectivity index (χ0n) is 23.9. The van der Waals surface area contributed by atoms with Crippen LogP contribution in [0.5, 0.6) is 5.75 Å². The molecular weight excluding hydrogens is 642 g/mol. The van der Waals surface area contributed by atoms with Gasteiger partial charge in [-0.2, -0.15) is 13.2 Å². The zero-order valence-corrected chi connectivity index (χ0v) is 25.5. The van der Waals surface area contributed by atoms with Crippen LogP contribution in [0.1, 0.15) is 30.0 Å². The molecule has 0 saturated carbocycles. The van der Waals surface area contributed by atoms with Crippen LogP contribution in [0.25, 0.3) is 22.2 Å². The monoisotopic (exact) mass is 667 g/mol. The Morgan fingerprint density at radius 1 is 1.16 bits per heavy atom. The number of carbonyl (C=O) groups excluding carboxylic acids is 2. The smallest absolute Gasteiger partial charge is 0.449 e. The van der Waals surface area contributed by atoms with Crippen LogP contribution in [-0.4, -0.2) is 61.3 Å². The topological polar surface area (TPSA) is 158 Å². The van der Waals surface area contributed by atoms with E-state index in [4.69, 9.17) is 33.7 Å². The number of fused-ring (bicyclic) bond motifs is 1. The first kappa shape index (κ1) is 32.1. The fraction of sp³-hybridized carbons (Fsp3) is 0.321. The third kappa shape index (κ3) is 6.28. The molecule has 45 heavy (non-hydrogen) atoms. The van der Waals surface area contributed by atoms with E-state index in [1.54, 1.807) is 6.07 Å². The highest BCUT2D eigenvalue weighted by Gasteiger charge is 2.37. The maximum Gasteiger partial charge on any atom is 0.449 e. The first-order chi connectivity index (χ1) is 21.0. The van der Waals surface area contributed by atoms with E-state index in [9.17, 15) is 32.7 Å². The largest absolute Gasteiger partial charge is 0.506 e. The van der Waals surface area contributed by atoms with Crippen LogP contribution in [0.15, 0.2) is 35.4 Å². The molecule has 0 spiro atoms. The zero-order chi connectivity index (χ0) is 33.0. The number of amides is 2. The van der Waals surface area contributed by atoms with Gasteiger partial charge in [-0.05, 0) is 31.5 Å². The Balaban J connectivity index is 1.57. The summed E-state index contributed by atoms with van der Waals surface area (Å²) >= 11 is 12.4. The van der Waals surface area contributed by atoms with Gasteiger partial charge in [-0.1, -0.05) is 23.2 Å². The van der Waals surface area contributed by atoms with Gasteiger partial charge >= 0.3 is 6.18 Å². The van der Waals surface area contributed by atoms with Crippen molar-refractivity contribution in [1.82, 2.24) is 19.1 Å². The Morgan fingerprint density at radius 2 is 1.82 bits per heavy atom. The molecule has 0 bridgehead atoms. The Bertz CT molecular complexity index is 1900. The molecule has 2 amide bonds. The van der Waals surface area contributed by atoms with Crippen LogP contribution in [0.2, 0.25) is 10.0 Å². The van der Waals surface area contributed by atoms with E-state index < -0.39 is 47.3 Å². The molecule has 1 aromatic carbocycles. The first-order valence-corrected chi connectivity index (χ1v) is 14.2. The van der Waals surface area contributed by atoms with Gasteiger partial charge < -0.3 is 30.4 Å². The number of carbonyl (C=O) groups is 2. The van der Waals surface area contributed by atoms with Gasteiger partial charge in [0.2, 0.25) is 11.7 Å². The number of nitrogens with zero attached hydrogens (tertiary/aromatic N) is 5. The van der Waals surface area contributed by atoms with Crippen LogP contribution < -0.4 is 21.5 Å². The van der Waals surface area contributed by atoms with E-state index in [0.717, 1.165) is 17.7 Å². The normalized spacial score (nSPS) is 17.1. The summed E-state index contributed by atoms with van der Waals surface area (Å²) in [5, 5.41) is 12.3. The molecule has 1 aliphatic rings. The van der Waals surface area contributed by atoms with Gasteiger partial charge in [-0.15, -0.1) is 0 Å². The summed E-state index contributed by atoms with van der Waals surface area (Å²) in [6, 6.07) is 3.90. The van der Waals surface area contributed by atoms with Crippen LogP contribution in [0, 0.1) is 0 Å². The van der Waals surface area contributed by atoms with Crippen molar-refractivity contribution in [1.29, 1.82) is 0 Å². The molecule has 0 aliphatic carbocycles. The van der Waals surface area contributed by atoms with Crippen LogP contribution in [-0.2, 0) is 29.3 Å². The number of pyridine rings is 1. The molecule has 1 saturated heterocycles. The minimum atomic E-state index is -5.00. The summed E-state index contributed by atoms with van der Waals surface area (Å²) in [7, 11) is 0.906. The van der Waals surface area contributed by atoms with Crippen molar-refractivity contribution in [2.24, 2.45) is 12.8 Å². The first-order valence-electron chi connectivity index (χ1n) is 13.4. The molecule has 0 radical (unpaired) electrons. The van der Waals surface area contributed by atoms with E-state index >= 15 is 0 Å². The van der Waals surface area contributed by atoms with Gasteiger partial charge in [0.15, 0.2) is 0 Å². The van der Waals surface area contributed by atoms with Gasteiger partial charge in [-0.25, -0.2) is 9.97 Å². The summed E-state index contributed by atoms with van der Waals surface area (Å²) in [5.41, 5.74) is 3.67. The van der Waals surface area contributed by atoms with Gasteiger partial charge in [0.25, 0.3) is 11.5 Å². The quantitative estimate of drug-likeness (QED) is 0.276. The molecule has 3 aromatic heterocycles. The van der Waals surface area contributed by atoms with Gasteiger partial charge in [0, 0.05) is 38.0 Å². The number of aromatic hydroxyl groups is 1. The number of aromatic nitrogens is 4. The number of primary amides is 1. The summed E-state index contributed by atoms with van der Waals surface area (Å²) in [5.74, 6) is -3.34. The number of phenols is 1. The molecule has 4 N–H and O–H groups in total. The van der Waals surface area contributed by atoms with Gasteiger partial charge in [-0.3, -0.25) is 19.0 Å². The second-order valence-electron chi connectivity index (χ2n) is 10.6. The molecule has 238 valence electrons. The second-order valence-corrected chi connectivity index (χ2v) is 11.4. The SMILES string of the molecule is C[C@@H]1CN(c2cc(NC(=O)Cn3cc(-c4cc(Cl)c(O)c(C(N)=O)c4)c4c(=O)n(C)c(C(F)(F)F)nc43)c(Cl)cn2)C[C@H](C)O1. The molecule has 1 aliphatic heterocycles. The number of nitrogens with two attached hydrogens (primary N) is 1. The lowest BCUT2D eigenvalue weighted by Gasteiger charge is -2.36. The average Bonchev–Trinajstić information content (AvgIpc) is 3.30. The van der Waals surface area contributed by atoms with E-state index in [0.29, 0.717) is 23.5 Å². The molecule has 0 unspecified atom stereocenters. The number of halogens is 5. The summed E-state index contributed by atoms with van der Waals surface area (Å²) < 4.78 is 48.7. The molecule has 4 heterocycles. The number of ether oxygens (including phenoxy) is 1. The Labute approximate surface area is 263 Å². The average molecular weight is 668 g/mol. The third-order valence-electron chi connectivity index (χ3n) is 7.16. The summed E-state index contributed by atoms with van der Waals surface area (Å²) in [4.78, 5) is 48.6.